The van der Waals surface area contributed by atoms with E-state index < -0.39 is 24.2 Å². The fraction of sp³-hybridized carbons (Fsp3) is 0.200. The molecule has 0 fully saturated rings. The molecule has 1 aliphatic heterocycles. The summed E-state index contributed by atoms with van der Waals surface area (Å²) in [6.45, 7) is 0. The van der Waals surface area contributed by atoms with Gasteiger partial charge < -0.3 is 0 Å². The third-order valence-corrected chi connectivity index (χ3v) is 2.65. The number of benzene rings is 1. The Hall–Kier alpha value is -1.37. The lowest BCUT2D eigenvalue weighted by Crippen LogP contribution is -2.22. The second kappa shape index (κ2) is 4.14. The van der Waals surface area contributed by atoms with E-state index in [2.05, 4.69) is 21.0 Å². The van der Waals surface area contributed by atoms with Crippen molar-refractivity contribution in [2.75, 3.05) is 5.01 Å². The molecule has 0 unspecified atom stereocenters. The van der Waals surface area contributed by atoms with Crippen LogP contribution in [0.15, 0.2) is 33.8 Å². The zero-order valence-corrected chi connectivity index (χ0v) is 9.92. The summed E-state index contributed by atoms with van der Waals surface area (Å²) >= 11 is 3.18. The van der Waals surface area contributed by atoms with Crippen LogP contribution in [0.3, 0.4) is 0 Å². The van der Waals surface area contributed by atoms with E-state index in [1.54, 1.807) is 12.1 Å². The van der Waals surface area contributed by atoms with E-state index in [0.29, 0.717) is 10.2 Å². The summed E-state index contributed by atoms with van der Waals surface area (Å²) in [7, 11) is 0. The van der Waals surface area contributed by atoms with Crippen LogP contribution < -0.4 is 5.01 Å². The van der Waals surface area contributed by atoms with Crippen molar-refractivity contribution in [2.24, 2.45) is 5.10 Å². The van der Waals surface area contributed by atoms with Gasteiger partial charge in [-0.3, -0.25) is 4.79 Å². The molecule has 90 valence electrons. The molecule has 1 aromatic rings. The summed E-state index contributed by atoms with van der Waals surface area (Å²) in [5, 5.41) is 4.08. The molecule has 0 saturated carbocycles. The molecule has 7 heteroatoms. The largest absolute Gasteiger partial charge is 0.431 e. The lowest BCUT2D eigenvalue weighted by Gasteiger charge is -2.11. The Balaban J connectivity index is 2.34. The first-order valence-electron chi connectivity index (χ1n) is 4.61. The zero-order valence-electron chi connectivity index (χ0n) is 8.33. The number of hydrazone groups is 1. The van der Waals surface area contributed by atoms with Crippen molar-refractivity contribution in [1.29, 1.82) is 0 Å². The van der Waals surface area contributed by atoms with Crippen LogP contribution in [0.25, 0.3) is 0 Å². The van der Waals surface area contributed by atoms with Gasteiger partial charge in [-0.2, -0.15) is 18.3 Å². The Morgan fingerprint density at radius 3 is 2.59 bits per heavy atom. The molecule has 17 heavy (non-hydrogen) atoms. The predicted molar refractivity (Wildman–Crippen MR) is 59.7 cm³/mol. The SMILES string of the molecule is O=C1CC(C(F)(F)F)=NN1c1cccc(Br)c1. The highest BCUT2D eigenvalue weighted by molar-refractivity contribution is 9.10. The van der Waals surface area contributed by atoms with Gasteiger partial charge in [0.2, 0.25) is 0 Å². The predicted octanol–water partition coefficient (Wildman–Crippen LogP) is 3.10. The molecule has 1 aliphatic rings. The quantitative estimate of drug-likeness (QED) is 0.784. The van der Waals surface area contributed by atoms with Gasteiger partial charge in [0.15, 0.2) is 5.71 Å². The van der Waals surface area contributed by atoms with Crippen LogP contribution in [0.2, 0.25) is 0 Å². The summed E-state index contributed by atoms with van der Waals surface area (Å²) in [6.07, 6.45) is -5.27. The minimum absolute atomic E-state index is 0.309. The Kier molecular flexibility index (Phi) is 2.94. The van der Waals surface area contributed by atoms with E-state index in [0.717, 1.165) is 5.01 Å². The number of rotatable bonds is 1. The first-order valence-corrected chi connectivity index (χ1v) is 5.40. The van der Waals surface area contributed by atoms with Gasteiger partial charge in [-0.15, -0.1) is 0 Å². The van der Waals surface area contributed by atoms with Crippen molar-refractivity contribution < 1.29 is 18.0 Å². The molecule has 1 amide bonds. The van der Waals surface area contributed by atoms with Crippen LogP contribution in [0.5, 0.6) is 0 Å². The van der Waals surface area contributed by atoms with Crippen molar-refractivity contribution in [3.8, 4) is 0 Å². The first-order chi connectivity index (χ1) is 7.88. The third kappa shape index (κ3) is 2.49. The minimum atomic E-state index is -4.56. The smallest absolute Gasteiger partial charge is 0.272 e. The van der Waals surface area contributed by atoms with Gasteiger partial charge in [0, 0.05) is 4.47 Å². The van der Waals surface area contributed by atoms with Gasteiger partial charge in [0.05, 0.1) is 12.1 Å². The number of halogens is 4. The van der Waals surface area contributed by atoms with E-state index in [9.17, 15) is 18.0 Å². The van der Waals surface area contributed by atoms with Gasteiger partial charge in [0.25, 0.3) is 5.91 Å². The monoisotopic (exact) mass is 306 g/mol. The van der Waals surface area contributed by atoms with Gasteiger partial charge in [0.1, 0.15) is 0 Å². The maximum Gasteiger partial charge on any atom is 0.431 e. The number of nitrogens with zero attached hydrogens (tertiary/aromatic N) is 2. The third-order valence-electron chi connectivity index (χ3n) is 2.16. The Bertz CT molecular complexity index is 499. The van der Waals surface area contributed by atoms with Gasteiger partial charge in [-0.25, -0.2) is 5.01 Å². The molecular formula is C10H6BrF3N2O. The molecule has 0 atom stereocenters. The van der Waals surface area contributed by atoms with E-state index in [1.807, 2.05) is 0 Å². The average molecular weight is 307 g/mol. The van der Waals surface area contributed by atoms with Crippen LogP contribution in [-0.4, -0.2) is 17.8 Å². The number of amides is 1. The second-order valence-electron chi connectivity index (χ2n) is 3.41. The number of carbonyl (C=O) groups excluding carboxylic acids is 1. The van der Waals surface area contributed by atoms with E-state index in [1.165, 1.54) is 12.1 Å². The highest BCUT2D eigenvalue weighted by Gasteiger charge is 2.42. The number of alkyl halides is 3. The Labute approximate surface area is 103 Å². The van der Waals surface area contributed by atoms with E-state index in [-0.39, 0.29) is 0 Å². The standard InChI is InChI=1S/C10H6BrF3N2O/c11-6-2-1-3-7(4-6)16-9(17)5-8(15-16)10(12,13)14/h1-4H,5H2. The van der Waals surface area contributed by atoms with Crippen molar-refractivity contribution in [3.05, 3.63) is 28.7 Å². The highest BCUT2D eigenvalue weighted by atomic mass is 79.9. The molecule has 3 nitrogen and oxygen atoms in total. The molecule has 0 aliphatic carbocycles. The summed E-state index contributed by atoms with van der Waals surface area (Å²) in [4.78, 5) is 11.4. The van der Waals surface area contributed by atoms with Crippen molar-refractivity contribution in [1.82, 2.24) is 0 Å². The zero-order chi connectivity index (χ0) is 12.6. The topological polar surface area (TPSA) is 32.7 Å². The minimum Gasteiger partial charge on any atom is -0.272 e. The number of hydrogen-bond donors (Lipinski definition) is 0. The van der Waals surface area contributed by atoms with E-state index in [4.69, 9.17) is 0 Å². The number of hydrogen-bond acceptors (Lipinski definition) is 2. The number of anilines is 1. The summed E-state index contributed by atoms with van der Waals surface area (Å²) in [5.41, 5.74) is -0.758. The molecule has 0 N–H and O–H groups in total. The molecule has 1 heterocycles. The van der Waals surface area contributed by atoms with Crippen LogP contribution in [0, 0.1) is 0 Å². The maximum atomic E-state index is 12.4. The molecule has 0 spiro atoms. The van der Waals surface area contributed by atoms with Crippen molar-refractivity contribution in [2.45, 2.75) is 12.6 Å². The lowest BCUT2D eigenvalue weighted by molar-refractivity contribution is -0.117. The van der Waals surface area contributed by atoms with Gasteiger partial charge >= 0.3 is 6.18 Å². The summed E-state index contributed by atoms with van der Waals surface area (Å²) < 4.78 is 37.8. The maximum absolute atomic E-state index is 12.4. The van der Waals surface area contributed by atoms with Crippen molar-refractivity contribution in [3.63, 3.8) is 0 Å². The van der Waals surface area contributed by atoms with Crippen LogP contribution in [0.4, 0.5) is 18.9 Å². The molecular weight excluding hydrogens is 301 g/mol. The summed E-state index contributed by atoms with van der Waals surface area (Å²) in [6, 6.07) is 6.37. The van der Waals surface area contributed by atoms with E-state index >= 15 is 0 Å². The first kappa shape index (κ1) is 12.1. The molecule has 0 bridgehead atoms. The molecule has 0 saturated heterocycles. The molecule has 0 radical (unpaired) electrons. The Morgan fingerprint density at radius 1 is 1.35 bits per heavy atom. The van der Waals surface area contributed by atoms with Crippen LogP contribution >= 0.6 is 15.9 Å². The van der Waals surface area contributed by atoms with Crippen LogP contribution in [0.1, 0.15) is 6.42 Å². The average Bonchev–Trinajstić information content (AvgIpc) is 2.60. The van der Waals surface area contributed by atoms with Gasteiger partial charge in [-0.1, -0.05) is 22.0 Å². The fourth-order valence-corrected chi connectivity index (χ4v) is 1.78. The highest BCUT2D eigenvalue weighted by Crippen LogP contribution is 2.29. The molecule has 1 aromatic carbocycles. The molecule has 2 rings (SSSR count). The van der Waals surface area contributed by atoms with Crippen molar-refractivity contribution >= 4 is 33.2 Å². The second-order valence-corrected chi connectivity index (χ2v) is 4.32. The molecule has 0 aromatic heterocycles. The lowest BCUT2D eigenvalue weighted by atomic mass is 10.2. The fourth-order valence-electron chi connectivity index (χ4n) is 1.40. The van der Waals surface area contributed by atoms with Gasteiger partial charge in [-0.05, 0) is 18.2 Å². The summed E-state index contributed by atoms with van der Waals surface area (Å²) in [5.74, 6) is -0.685. The number of carbonyl (C=O) groups is 1. The Morgan fingerprint density at radius 2 is 2.06 bits per heavy atom. The van der Waals surface area contributed by atoms with Crippen LogP contribution in [-0.2, 0) is 4.79 Å². The normalized spacial score (nSPS) is 16.4.